The van der Waals surface area contributed by atoms with E-state index < -0.39 is 0 Å². The molecular formula is C24H24N2O4S. The topological polar surface area (TPSA) is 84.5 Å². The molecule has 0 radical (unpaired) electrons. The first-order valence-electron chi connectivity index (χ1n) is 9.97. The van der Waals surface area contributed by atoms with Crippen LogP contribution in [0.2, 0.25) is 0 Å². The Morgan fingerprint density at radius 3 is 2.16 bits per heavy atom. The van der Waals surface area contributed by atoms with Crippen LogP contribution in [0, 0.1) is 6.92 Å². The molecule has 3 aromatic rings. The van der Waals surface area contributed by atoms with Gasteiger partial charge in [-0.05, 0) is 54.8 Å². The third-order valence-corrected chi connectivity index (χ3v) is 5.36. The molecule has 2 aromatic carbocycles. The fourth-order valence-electron chi connectivity index (χ4n) is 2.76. The van der Waals surface area contributed by atoms with Gasteiger partial charge in [-0.25, -0.2) is 0 Å². The summed E-state index contributed by atoms with van der Waals surface area (Å²) in [6, 6.07) is 18.4. The number of aryl methyl sites for hydroxylation is 1. The van der Waals surface area contributed by atoms with Gasteiger partial charge in [-0.3, -0.25) is 14.4 Å². The minimum absolute atomic E-state index is 0.0438. The van der Waals surface area contributed by atoms with Crippen molar-refractivity contribution in [3.05, 3.63) is 76.5 Å². The lowest BCUT2D eigenvalue weighted by atomic mass is 10.2. The first kappa shape index (κ1) is 22.2. The summed E-state index contributed by atoms with van der Waals surface area (Å²) in [6.45, 7) is 2.23. The number of carbonyl (C=O) groups excluding carboxylic acids is 3. The molecule has 0 atom stereocenters. The Morgan fingerprint density at radius 2 is 1.52 bits per heavy atom. The number of anilines is 1. The van der Waals surface area contributed by atoms with Gasteiger partial charge in [0.1, 0.15) is 11.5 Å². The first-order valence-corrected chi connectivity index (χ1v) is 10.9. The second kappa shape index (κ2) is 11.1. The number of nitrogens with one attached hydrogen (secondary N) is 2. The van der Waals surface area contributed by atoms with Crippen molar-refractivity contribution in [2.45, 2.75) is 26.2 Å². The Kier molecular flexibility index (Phi) is 7.95. The van der Waals surface area contributed by atoms with E-state index in [1.807, 2.05) is 36.6 Å². The van der Waals surface area contributed by atoms with Gasteiger partial charge in [-0.2, -0.15) is 0 Å². The van der Waals surface area contributed by atoms with E-state index in [1.54, 1.807) is 36.4 Å². The predicted octanol–water partition coefficient (Wildman–Crippen LogP) is 4.96. The van der Waals surface area contributed by atoms with E-state index in [1.165, 1.54) is 11.3 Å². The van der Waals surface area contributed by atoms with Gasteiger partial charge >= 0.3 is 0 Å². The standard InChI is InChI=1S/C24H24N2O4S/c1-17-4-8-19(9-5-17)30-20-10-6-18(7-11-20)26-24(29)14-15-25-23(28)13-12-21(27)22-3-2-16-31-22/h2-11,16H,12-15H2,1H3,(H,25,28)(H,26,29). The highest BCUT2D eigenvalue weighted by Crippen LogP contribution is 2.23. The van der Waals surface area contributed by atoms with Crippen molar-refractivity contribution in [1.29, 1.82) is 0 Å². The molecular weight excluding hydrogens is 412 g/mol. The minimum Gasteiger partial charge on any atom is -0.457 e. The van der Waals surface area contributed by atoms with Crippen molar-refractivity contribution in [3.63, 3.8) is 0 Å². The maximum Gasteiger partial charge on any atom is 0.226 e. The highest BCUT2D eigenvalue weighted by Gasteiger charge is 2.10. The number of Topliss-reactive ketones (excluding diaryl/α,β-unsaturated/α-hetero) is 1. The van der Waals surface area contributed by atoms with E-state index in [-0.39, 0.29) is 43.4 Å². The number of ether oxygens (including phenoxy) is 1. The summed E-state index contributed by atoms with van der Waals surface area (Å²) in [5, 5.41) is 7.29. The van der Waals surface area contributed by atoms with Crippen molar-refractivity contribution in [2.75, 3.05) is 11.9 Å². The van der Waals surface area contributed by atoms with Gasteiger partial charge in [-0.1, -0.05) is 23.8 Å². The summed E-state index contributed by atoms with van der Waals surface area (Å²) in [5.41, 5.74) is 1.81. The molecule has 7 heteroatoms. The van der Waals surface area contributed by atoms with Crippen LogP contribution in [-0.2, 0) is 9.59 Å². The molecule has 0 aliphatic rings. The largest absolute Gasteiger partial charge is 0.457 e. The van der Waals surface area contributed by atoms with E-state index in [2.05, 4.69) is 10.6 Å². The molecule has 0 unspecified atom stereocenters. The normalized spacial score (nSPS) is 10.4. The Labute approximate surface area is 185 Å². The molecule has 2 amide bonds. The lowest BCUT2D eigenvalue weighted by molar-refractivity contribution is -0.121. The number of thiophene rings is 1. The predicted molar refractivity (Wildman–Crippen MR) is 122 cm³/mol. The monoisotopic (exact) mass is 436 g/mol. The molecule has 0 aliphatic heterocycles. The Hall–Kier alpha value is -3.45. The summed E-state index contributed by atoms with van der Waals surface area (Å²) in [6.07, 6.45) is 0.419. The van der Waals surface area contributed by atoms with Crippen LogP contribution in [0.1, 0.15) is 34.5 Å². The maximum atomic E-state index is 12.1. The van der Waals surface area contributed by atoms with Crippen LogP contribution in [-0.4, -0.2) is 24.1 Å². The minimum atomic E-state index is -0.240. The Bertz CT molecular complexity index is 1010. The van der Waals surface area contributed by atoms with Gasteiger partial charge in [0.2, 0.25) is 11.8 Å². The van der Waals surface area contributed by atoms with Crippen LogP contribution in [0.4, 0.5) is 5.69 Å². The molecule has 160 valence electrons. The van der Waals surface area contributed by atoms with Crippen molar-refractivity contribution >= 4 is 34.6 Å². The van der Waals surface area contributed by atoms with Crippen molar-refractivity contribution in [2.24, 2.45) is 0 Å². The lowest BCUT2D eigenvalue weighted by Crippen LogP contribution is -2.27. The van der Waals surface area contributed by atoms with Gasteiger partial charge < -0.3 is 15.4 Å². The summed E-state index contributed by atoms with van der Waals surface area (Å²) >= 11 is 1.36. The summed E-state index contributed by atoms with van der Waals surface area (Å²) in [4.78, 5) is 36.5. The maximum absolute atomic E-state index is 12.1. The van der Waals surface area contributed by atoms with Gasteiger partial charge in [-0.15, -0.1) is 11.3 Å². The number of amides is 2. The fourth-order valence-corrected chi connectivity index (χ4v) is 3.46. The van der Waals surface area contributed by atoms with Crippen molar-refractivity contribution < 1.29 is 19.1 Å². The van der Waals surface area contributed by atoms with Crippen LogP contribution >= 0.6 is 11.3 Å². The van der Waals surface area contributed by atoms with Crippen LogP contribution in [0.5, 0.6) is 11.5 Å². The summed E-state index contributed by atoms with van der Waals surface area (Å²) in [7, 11) is 0. The molecule has 1 heterocycles. The lowest BCUT2D eigenvalue weighted by Gasteiger charge is -2.09. The third kappa shape index (κ3) is 7.38. The van der Waals surface area contributed by atoms with Gasteiger partial charge in [0.15, 0.2) is 5.78 Å². The van der Waals surface area contributed by atoms with Crippen molar-refractivity contribution in [3.8, 4) is 11.5 Å². The molecule has 0 aliphatic carbocycles. The average molecular weight is 437 g/mol. The third-order valence-electron chi connectivity index (χ3n) is 4.44. The quantitative estimate of drug-likeness (QED) is 0.440. The van der Waals surface area contributed by atoms with Crippen LogP contribution in [0.15, 0.2) is 66.0 Å². The molecule has 1 aromatic heterocycles. The van der Waals surface area contributed by atoms with E-state index in [0.29, 0.717) is 16.3 Å². The highest BCUT2D eigenvalue weighted by atomic mass is 32.1. The van der Waals surface area contributed by atoms with E-state index in [9.17, 15) is 14.4 Å². The number of hydrogen-bond acceptors (Lipinski definition) is 5. The van der Waals surface area contributed by atoms with E-state index in [0.717, 1.165) is 11.3 Å². The molecule has 3 rings (SSSR count). The first-order chi connectivity index (χ1) is 15.0. The van der Waals surface area contributed by atoms with E-state index >= 15 is 0 Å². The fraction of sp³-hybridized carbons (Fsp3) is 0.208. The van der Waals surface area contributed by atoms with Gasteiger partial charge in [0, 0.05) is 31.5 Å². The summed E-state index contributed by atoms with van der Waals surface area (Å²) in [5.74, 6) is 0.927. The second-order valence-corrected chi connectivity index (χ2v) is 7.94. The molecule has 2 N–H and O–H groups in total. The molecule has 6 nitrogen and oxygen atoms in total. The van der Waals surface area contributed by atoms with Gasteiger partial charge in [0.25, 0.3) is 0 Å². The molecule has 0 bridgehead atoms. The zero-order valence-electron chi connectivity index (χ0n) is 17.2. The molecule has 0 saturated heterocycles. The number of ketones is 1. The number of rotatable bonds is 10. The smallest absolute Gasteiger partial charge is 0.226 e. The zero-order valence-corrected chi connectivity index (χ0v) is 18.0. The van der Waals surface area contributed by atoms with Gasteiger partial charge in [0.05, 0.1) is 4.88 Å². The number of carbonyl (C=O) groups is 3. The summed E-state index contributed by atoms with van der Waals surface area (Å²) < 4.78 is 5.76. The number of benzene rings is 2. The molecule has 31 heavy (non-hydrogen) atoms. The van der Waals surface area contributed by atoms with Crippen LogP contribution in [0.3, 0.4) is 0 Å². The Balaban J connectivity index is 1.35. The average Bonchev–Trinajstić information content (AvgIpc) is 3.30. The van der Waals surface area contributed by atoms with Crippen LogP contribution in [0.25, 0.3) is 0 Å². The molecule has 0 saturated carbocycles. The Morgan fingerprint density at radius 1 is 0.839 bits per heavy atom. The van der Waals surface area contributed by atoms with E-state index in [4.69, 9.17) is 4.74 Å². The molecule has 0 spiro atoms. The zero-order chi connectivity index (χ0) is 22.1. The second-order valence-electron chi connectivity index (χ2n) is 6.99. The highest BCUT2D eigenvalue weighted by molar-refractivity contribution is 7.12. The number of hydrogen-bond donors (Lipinski definition) is 2. The van der Waals surface area contributed by atoms with Crippen molar-refractivity contribution in [1.82, 2.24) is 5.32 Å². The SMILES string of the molecule is Cc1ccc(Oc2ccc(NC(=O)CCNC(=O)CCC(=O)c3cccs3)cc2)cc1. The molecule has 0 fully saturated rings. The van der Waals surface area contributed by atoms with Crippen LogP contribution < -0.4 is 15.4 Å².